The Labute approximate surface area is 152 Å². The van der Waals surface area contributed by atoms with Crippen LogP contribution in [0.2, 0.25) is 5.02 Å². The highest BCUT2D eigenvalue weighted by molar-refractivity contribution is 6.30. The number of benzene rings is 2. The van der Waals surface area contributed by atoms with E-state index in [9.17, 15) is 0 Å². The van der Waals surface area contributed by atoms with Gasteiger partial charge in [-0.15, -0.1) is 10.2 Å². The molecule has 5 heteroatoms. The number of aromatic nitrogens is 3. The quantitative estimate of drug-likeness (QED) is 0.646. The second-order valence-corrected chi connectivity index (χ2v) is 6.95. The zero-order chi connectivity index (χ0) is 17.1. The molecule has 0 unspecified atom stereocenters. The van der Waals surface area contributed by atoms with Gasteiger partial charge in [-0.25, -0.2) is 0 Å². The van der Waals surface area contributed by atoms with Crippen molar-refractivity contribution in [2.45, 2.75) is 31.8 Å². The largest absolute Gasteiger partial charge is 0.314 e. The standard InChI is InChI=1S/C20H21ClN4/c21-18-7-5-17(6-8-18)16-3-1-15(2-4-16)13-22-12-11-20-24-23-14-25(20)19-9-10-19/h1-8,14,19,22H,9-13H2. The van der Waals surface area contributed by atoms with E-state index in [1.165, 1.54) is 29.5 Å². The molecule has 1 aromatic heterocycles. The van der Waals surface area contributed by atoms with Crippen molar-refractivity contribution in [3.8, 4) is 11.1 Å². The van der Waals surface area contributed by atoms with E-state index >= 15 is 0 Å². The van der Waals surface area contributed by atoms with Gasteiger partial charge in [0.25, 0.3) is 0 Å². The van der Waals surface area contributed by atoms with Crippen LogP contribution in [0.15, 0.2) is 54.9 Å². The number of halogens is 1. The molecule has 0 spiro atoms. The maximum absolute atomic E-state index is 5.94. The molecule has 1 N–H and O–H groups in total. The Hall–Kier alpha value is -2.17. The minimum absolute atomic E-state index is 0.644. The predicted molar refractivity (Wildman–Crippen MR) is 101 cm³/mol. The Kier molecular flexibility index (Phi) is 4.81. The summed E-state index contributed by atoms with van der Waals surface area (Å²) in [5.74, 6) is 1.09. The fourth-order valence-corrected chi connectivity index (χ4v) is 3.12. The lowest BCUT2D eigenvalue weighted by Gasteiger charge is -2.08. The Bertz CT molecular complexity index is 820. The van der Waals surface area contributed by atoms with Crippen molar-refractivity contribution in [2.75, 3.05) is 6.54 Å². The van der Waals surface area contributed by atoms with Gasteiger partial charge in [0.05, 0.1) is 0 Å². The lowest BCUT2D eigenvalue weighted by Crippen LogP contribution is -2.18. The highest BCUT2D eigenvalue weighted by atomic mass is 35.5. The summed E-state index contributed by atoms with van der Waals surface area (Å²) in [6, 6.07) is 17.2. The minimum Gasteiger partial charge on any atom is -0.314 e. The second-order valence-electron chi connectivity index (χ2n) is 6.52. The zero-order valence-electron chi connectivity index (χ0n) is 14.0. The highest BCUT2D eigenvalue weighted by Gasteiger charge is 2.25. The van der Waals surface area contributed by atoms with Crippen LogP contribution in [-0.2, 0) is 13.0 Å². The first-order valence-corrected chi connectivity index (χ1v) is 9.11. The summed E-state index contributed by atoms with van der Waals surface area (Å²) in [5, 5.41) is 12.5. The van der Waals surface area contributed by atoms with Crippen LogP contribution in [0.1, 0.15) is 30.3 Å². The molecule has 4 rings (SSSR count). The fraction of sp³-hybridized carbons (Fsp3) is 0.300. The molecule has 0 aliphatic heterocycles. The lowest BCUT2D eigenvalue weighted by atomic mass is 10.0. The number of hydrogen-bond acceptors (Lipinski definition) is 3. The molecule has 0 atom stereocenters. The second kappa shape index (κ2) is 7.38. The first-order chi connectivity index (χ1) is 12.3. The van der Waals surface area contributed by atoms with Crippen LogP contribution in [0.5, 0.6) is 0 Å². The summed E-state index contributed by atoms with van der Waals surface area (Å²) in [7, 11) is 0. The van der Waals surface area contributed by atoms with Crippen molar-refractivity contribution in [3.63, 3.8) is 0 Å². The Morgan fingerprint density at radius 1 is 1.00 bits per heavy atom. The average molecular weight is 353 g/mol. The molecule has 128 valence electrons. The van der Waals surface area contributed by atoms with E-state index in [4.69, 9.17) is 11.6 Å². The van der Waals surface area contributed by atoms with Crippen LogP contribution in [-0.4, -0.2) is 21.3 Å². The third-order valence-electron chi connectivity index (χ3n) is 4.57. The third kappa shape index (κ3) is 4.09. The van der Waals surface area contributed by atoms with Crippen molar-refractivity contribution in [2.24, 2.45) is 0 Å². The molecule has 4 nitrogen and oxygen atoms in total. The predicted octanol–water partition coefficient (Wildman–Crippen LogP) is 4.27. The van der Waals surface area contributed by atoms with E-state index in [0.717, 1.165) is 30.4 Å². The highest BCUT2D eigenvalue weighted by Crippen LogP contribution is 2.35. The van der Waals surface area contributed by atoms with Crippen LogP contribution in [0.3, 0.4) is 0 Å². The van der Waals surface area contributed by atoms with Crippen LogP contribution in [0, 0.1) is 0 Å². The number of nitrogens with one attached hydrogen (secondary N) is 1. The zero-order valence-corrected chi connectivity index (χ0v) is 14.8. The van der Waals surface area contributed by atoms with Crippen molar-refractivity contribution in [1.29, 1.82) is 0 Å². The van der Waals surface area contributed by atoms with E-state index in [1.54, 1.807) is 0 Å². The summed E-state index contributed by atoms with van der Waals surface area (Å²) in [6.45, 7) is 1.77. The molecule has 2 aromatic carbocycles. The normalized spacial score (nSPS) is 14.0. The molecule has 3 aromatic rings. The summed E-state index contributed by atoms with van der Waals surface area (Å²) < 4.78 is 2.22. The first kappa shape index (κ1) is 16.3. The van der Waals surface area contributed by atoms with Crippen LogP contribution in [0.25, 0.3) is 11.1 Å². The van der Waals surface area contributed by atoms with Gasteiger partial charge < -0.3 is 9.88 Å². The molecular weight excluding hydrogens is 332 g/mol. The molecule has 1 aliphatic carbocycles. The van der Waals surface area contributed by atoms with Crippen molar-refractivity contribution >= 4 is 11.6 Å². The van der Waals surface area contributed by atoms with E-state index in [1.807, 2.05) is 30.6 Å². The van der Waals surface area contributed by atoms with E-state index < -0.39 is 0 Å². The van der Waals surface area contributed by atoms with E-state index in [-0.39, 0.29) is 0 Å². The van der Waals surface area contributed by atoms with E-state index in [2.05, 4.69) is 44.3 Å². The topological polar surface area (TPSA) is 42.7 Å². The molecule has 1 fully saturated rings. The van der Waals surface area contributed by atoms with Gasteiger partial charge >= 0.3 is 0 Å². The molecule has 0 radical (unpaired) electrons. The first-order valence-electron chi connectivity index (χ1n) is 8.73. The van der Waals surface area contributed by atoms with Gasteiger partial charge in [0.1, 0.15) is 12.2 Å². The SMILES string of the molecule is Clc1ccc(-c2ccc(CNCCc3nncn3C3CC3)cc2)cc1. The van der Waals surface area contributed by atoms with Crippen LogP contribution >= 0.6 is 11.6 Å². The molecule has 1 heterocycles. The van der Waals surface area contributed by atoms with Gasteiger partial charge in [-0.2, -0.15) is 0 Å². The van der Waals surface area contributed by atoms with Gasteiger partial charge in [0.2, 0.25) is 0 Å². The van der Waals surface area contributed by atoms with Crippen molar-refractivity contribution in [3.05, 3.63) is 71.3 Å². The molecule has 1 saturated carbocycles. The smallest absolute Gasteiger partial charge is 0.134 e. The van der Waals surface area contributed by atoms with Crippen LogP contribution in [0.4, 0.5) is 0 Å². The lowest BCUT2D eigenvalue weighted by molar-refractivity contribution is 0.626. The molecular formula is C20H21ClN4. The van der Waals surface area contributed by atoms with Crippen molar-refractivity contribution < 1.29 is 0 Å². The Morgan fingerprint density at radius 2 is 1.68 bits per heavy atom. The Balaban J connectivity index is 1.28. The summed E-state index contributed by atoms with van der Waals surface area (Å²) in [4.78, 5) is 0. The number of hydrogen-bond donors (Lipinski definition) is 1. The fourth-order valence-electron chi connectivity index (χ4n) is 2.99. The summed E-state index contributed by atoms with van der Waals surface area (Å²) in [6.07, 6.45) is 5.30. The summed E-state index contributed by atoms with van der Waals surface area (Å²) >= 11 is 5.94. The summed E-state index contributed by atoms with van der Waals surface area (Å²) in [5.41, 5.74) is 3.67. The Morgan fingerprint density at radius 3 is 2.36 bits per heavy atom. The molecule has 0 amide bonds. The van der Waals surface area contributed by atoms with Gasteiger partial charge in [0, 0.05) is 30.6 Å². The van der Waals surface area contributed by atoms with Gasteiger partial charge in [-0.05, 0) is 41.7 Å². The van der Waals surface area contributed by atoms with E-state index in [0.29, 0.717) is 6.04 Å². The third-order valence-corrected chi connectivity index (χ3v) is 4.83. The van der Waals surface area contributed by atoms with Gasteiger partial charge in [-0.1, -0.05) is 48.0 Å². The molecule has 25 heavy (non-hydrogen) atoms. The van der Waals surface area contributed by atoms with Crippen LogP contribution < -0.4 is 5.32 Å². The van der Waals surface area contributed by atoms with Gasteiger partial charge in [-0.3, -0.25) is 0 Å². The van der Waals surface area contributed by atoms with Gasteiger partial charge in [0.15, 0.2) is 0 Å². The molecule has 0 saturated heterocycles. The maximum Gasteiger partial charge on any atom is 0.134 e. The average Bonchev–Trinajstić information content (AvgIpc) is 3.38. The minimum atomic E-state index is 0.644. The monoisotopic (exact) mass is 352 g/mol. The number of rotatable bonds is 7. The number of nitrogens with zero attached hydrogens (tertiary/aromatic N) is 3. The molecule has 1 aliphatic rings. The molecule has 0 bridgehead atoms. The van der Waals surface area contributed by atoms with Crippen molar-refractivity contribution in [1.82, 2.24) is 20.1 Å². The maximum atomic E-state index is 5.94.